The number of para-hydroxylation sites is 1. The number of benzene rings is 5. The number of thiophene rings is 2. The molecule has 0 bridgehead atoms. The molecule has 5 heteroatoms. The van der Waals surface area contributed by atoms with Gasteiger partial charge < -0.3 is 9.80 Å². The zero-order valence-corrected chi connectivity index (χ0v) is 30.3. The minimum Gasteiger partial charge on any atom is -0.311 e. The van der Waals surface area contributed by atoms with Crippen LogP contribution in [-0.2, 0) is 10.8 Å². The summed E-state index contributed by atoms with van der Waals surface area (Å²) in [4.78, 5) is 5.09. The van der Waals surface area contributed by atoms with E-state index >= 15 is 0 Å². The highest BCUT2D eigenvalue weighted by Gasteiger charge is 2.45. The Morgan fingerprint density at radius 3 is 1.75 bits per heavy atom. The first-order chi connectivity index (χ1) is 23.0. The molecule has 9 rings (SSSR count). The molecule has 0 saturated heterocycles. The van der Waals surface area contributed by atoms with Gasteiger partial charge in [0, 0.05) is 43.2 Å². The fourth-order valence-corrected chi connectivity index (χ4v) is 10.6. The van der Waals surface area contributed by atoms with Crippen LogP contribution in [0.25, 0.3) is 19.5 Å². The molecule has 2 aliphatic heterocycles. The molecule has 2 aliphatic rings. The summed E-state index contributed by atoms with van der Waals surface area (Å²) < 4.78 is 4.19. The van der Waals surface area contributed by atoms with Crippen molar-refractivity contribution in [2.75, 3.05) is 9.80 Å². The quantitative estimate of drug-likeness (QED) is 0.171. The standard InChI is InChI=1S/C43H39BN2S2/c1-26-24-34-37-35(25-26)46(30-22-18-28(19-23-30)43(5,6)7)41-38(40-39(48-41)31-12-8-11-15-36(31)47-40)44(37)32-13-9-10-14-33(32)45(34)29-20-16-27(17-21-29)42(2,3)4/h8-25H,1-7H3. The molecular weight excluding hydrogens is 619 g/mol. The van der Waals surface area contributed by atoms with Crippen molar-refractivity contribution in [3.05, 3.63) is 126 Å². The first-order valence-corrected chi connectivity index (χ1v) is 18.6. The van der Waals surface area contributed by atoms with E-state index in [9.17, 15) is 0 Å². The van der Waals surface area contributed by atoms with Crippen LogP contribution in [0.2, 0.25) is 0 Å². The van der Waals surface area contributed by atoms with Gasteiger partial charge in [-0.3, -0.25) is 0 Å². The third-order valence-corrected chi connectivity index (χ3v) is 12.8. The summed E-state index contributed by atoms with van der Waals surface area (Å²) in [6.07, 6.45) is 0. The van der Waals surface area contributed by atoms with Crippen LogP contribution in [0.15, 0.2) is 109 Å². The third-order valence-electron chi connectivity index (χ3n) is 10.2. The van der Waals surface area contributed by atoms with Gasteiger partial charge in [0.05, 0.1) is 9.70 Å². The minimum absolute atomic E-state index is 0.0936. The summed E-state index contributed by atoms with van der Waals surface area (Å²) in [5.74, 6) is 0. The summed E-state index contributed by atoms with van der Waals surface area (Å²) in [5.41, 5.74) is 14.6. The van der Waals surface area contributed by atoms with Gasteiger partial charge >= 0.3 is 0 Å². The van der Waals surface area contributed by atoms with E-state index < -0.39 is 0 Å². The van der Waals surface area contributed by atoms with Crippen molar-refractivity contribution in [3.63, 3.8) is 0 Å². The molecule has 2 aromatic heterocycles. The van der Waals surface area contributed by atoms with Crippen LogP contribution in [-0.4, -0.2) is 6.71 Å². The number of anilines is 6. The predicted molar refractivity (Wildman–Crippen MR) is 213 cm³/mol. The van der Waals surface area contributed by atoms with Crippen molar-refractivity contribution >= 4 is 98.7 Å². The second kappa shape index (κ2) is 10.3. The fourth-order valence-electron chi connectivity index (χ4n) is 7.78. The van der Waals surface area contributed by atoms with E-state index in [0.29, 0.717) is 0 Å². The lowest BCUT2D eigenvalue weighted by Crippen LogP contribution is -2.61. The average Bonchev–Trinajstić information content (AvgIpc) is 3.60. The van der Waals surface area contributed by atoms with Crippen molar-refractivity contribution in [1.82, 2.24) is 0 Å². The third kappa shape index (κ3) is 4.37. The van der Waals surface area contributed by atoms with Crippen molar-refractivity contribution < 1.29 is 0 Å². The van der Waals surface area contributed by atoms with Gasteiger partial charge in [0.2, 0.25) is 0 Å². The van der Waals surface area contributed by atoms with Crippen molar-refractivity contribution in [2.24, 2.45) is 0 Å². The van der Waals surface area contributed by atoms with Gasteiger partial charge in [0.1, 0.15) is 0 Å². The van der Waals surface area contributed by atoms with Gasteiger partial charge in [0.15, 0.2) is 0 Å². The van der Waals surface area contributed by atoms with Gasteiger partial charge in [0.25, 0.3) is 6.71 Å². The molecule has 0 atom stereocenters. The lowest BCUT2D eigenvalue weighted by atomic mass is 9.34. The van der Waals surface area contributed by atoms with Crippen LogP contribution in [0.4, 0.5) is 33.4 Å². The highest BCUT2D eigenvalue weighted by molar-refractivity contribution is 7.37. The van der Waals surface area contributed by atoms with E-state index in [-0.39, 0.29) is 17.5 Å². The maximum absolute atomic E-state index is 2.57. The molecule has 2 nitrogen and oxygen atoms in total. The van der Waals surface area contributed by atoms with E-state index in [2.05, 4.69) is 167 Å². The molecule has 0 aliphatic carbocycles. The van der Waals surface area contributed by atoms with Crippen LogP contribution < -0.4 is 26.2 Å². The Morgan fingerprint density at radius 2 is 1.10 bits per heavy atom. The second-order valence-electron chi connectivity index (χ2n) is 15.6. The van der Waals surface area contributed by atoms with Crippen LogP contribution in [0.5, 0.6) is 0 Å². The molecule has 0 spiro atoms. The van der Waals surface area contributed by atoms with E-state index in [0.717, 1.165) is 0 Å². The summed E-state index contributed by atoms with van der Waals surface area (Å²) in [7, 11) is 0. The number of fused-ring (bicyclic) bond motifs is 8. The first kappa shape index (κ1) is 29.8. The van der Waals surface area contributed by atoms with Crippen LogP contribution >= 0.6 is 22.7 Å². The summed E-state index contributed by atoms with van der Waals surface area (Å²) in [6, 6.07) is 41.5. The number of hydrogen-bond acceptors (Lipinski definition) is 4. The highest BCUT2D eigenvalue weighted by Crippen LogP contribution is 2.50. The molecule has 0 saturated carbocycles. The molecule has 0 fully saturated rings. The monoisotopic (exact) mass is 658 g/mol. The van der Waals surface area contributed by atoms with Gasteiger partial charge in [-0.25, -0.2) is 0 Å². The van der Waals surface area contributed by atoms with Crippen molar-refractivity contribution in [1.29, 1.82) is 0 Å². The Bertz CT molecular complexity index is 2380. The summed E-state index contributed by atoms with van der Waals surface area (Å²) >= 11 is 3.92. The molecule has 48 heavy (non-hydrogen) atoms. The van der Waals surface area contributed by atoms with Crippen LogP contribution in [0, 0.1) is 6.92 Å². The summed E-state index contributed by atoms with van der Waals surface area (Å²) in [6.45, 7) is 16.1. The maximum atomic E-state index is 2.57. The van der Waals surface area contributed by atoms with E-state index in [1.807, 2.05) is 22.7 Å². The summed E-state index contributed by atoms with van der Waals surface area (Å²) in [5, 5.41) is 2.71. The van der Waals surface area contributed by atoms with Crippen molar-refractivity contribution in [2.45, 2.75) is 59.3 Å². The van der Waals surface area contributed by atoms with Crippen LogP contribution in [0.3, 0.4) is 0 Å². The normalized spacial score (nSPS) is 14.0. The van der Waals surface area contributed by atoms with Gasteiger partial charge in [-0.1, -0.05) is 102 Å². The zero-order chi connectivity index (χ0) is 33.1. The highest BCUT2D eigenvalue weighted by atomic mass is 32.1. The Morgan fingerprint density at radius 1 is 0.542 bits per heavy atom. The van der Waals surface area contributed by atoms with E-state index in [1.165, 1.54) is 86.0 Å². The van der Waals surface area contributed by atoms with Crippen LogP contribution in [0.1, 0.15) is 58.2 Å². The van der Waals surface area contributed by atoms with Crippen molar-refractivity contribution in [3.8, 4) is 0 Å². The average molecular weight is 659 g/mol. The smallest absolute Gasteiger partial charge is 0.255 e. The molecule has 5 aromatic carbocycles. The second-order valence-corrected chi connectivity index (χ2v) is 17.6. The molecule has 236 valence electrons. The molecule has 7 aromatic rings. The Balaban J connectivity index is 1.36. The number of aryl methyl sites for hydroxylation is 1. The number of hydrogen-bond donors (Lipinski definition) is 0. The molecule has 0 N–H and O–H groups in total. The predicted octanol–water partition coefficient (Wildman–Crippen LogP) is 11.1. The number of rotatable bonds is 2. The SMILES string of the molecule is Cc1cc2c3c(c1)N(c1ccc(C(C)(C)C)cc1)c1sc4c(sc5ccccc54)c1B3c1ccccc1N2c1ccc(C(C)(C)C)cc1. The molecule has 0 unspecified atom stereocenters. The zero-order valence-electron chi connectivity index (χ0n) is 28.7. The number of nitrogens with zero attached hydrogens (tertiary/aromatic N) is 2. The lowest BCUT2D eigenvalue weighted by Gasteiger charge is -2.43. The maximum Gasteiger partial charge on any atom is 0.255 e. The first-order valence-electron chi connectivity index (χ1n) is 17.0. The minimum atomic E-state index is 0.0936. The van der Waals surface area contributed by atoms with E-state index in [1.54, 1.807) is 0 Å². The van der Waals surface area contributed by atoms with E-state index in [4.69, 9.17) is 0 Å². The lowest BCUT2D eigenvalue weighted by molar-refractivity contribution is 0.590. The Hall–Kier alpha value is -4.32. The Labute approximate surface area is 292 Å². The Kier molecular flexibility index (Phi) is 6.42. The molecule has 0 amide bonds. The molecular formula is C43H39BN2S2. The van der Waals surface area contributed by atoms with Gasteiger partial charge in [-0.2, -0.15) is 0 Å². The largest absolute Gasteiger partial charge is 0.311 e. The molecule has 4 heterocycles. The van der Waals surface area contributed by atoms with Gasteiger partial charge in [-0.15, -0.1) is 22.7 Å². The fraction of sp³-hybridized carbons (Fsp3) is 0.209. The van der Waals surface area contributed by atoms with Gasteiger partial charge in [-0.05, 0) is 99.4 Å². The molecule has 0 radical (unpaired) electrons. The topological polar surface area (TPSA) is 6.48 Å².